The number of pyridine rings is 1. The molecule has 2 amide bonds. The summed E-state index contributed by atoms with van der Waals surface area (Å²) in [5, 5.41) is 14.4. The van der Waals surface area contributed by atoms with Crippen LogP contribution in [0.15, 0.2) is 48.7 Å². The summed E-state index contributed by atoms with van der Waals surface area (Å²) < 4.78 is 5.36. The first kappa shape index (κ1) is 22.4. The number of rotatable bonds is 5. The number of hydrogen-bond donors (Lipinski definition) is 2. The van der Waals surface area contributed by atoms with E-state index < -0.39 is 11.6 Å². The van der Waals surface area contributed by atoms with Gasteiger partial charge in [0.1, 0.15) is 0 Å². The molecule has 2 atom stereocenters. The molecule has 0 bridgehead atoms. The molecule has 8 nitrogen and oxygen atoms in total. The highest BCUT2D eigenvalue weighted by Gasteiger charge is 2.46. The minimum atomic E-state index is -0.951. The molecule has 0 radical (unpaired) electrons. The van der Waals surface area contributed by atoms with Crippen LogP contribution in [0.1, 0.15) is 28.0 Å². The number of amides is 2. The van der Waals surface area contributed by atoms with Crippen molar-refractivity contribution in [2.75, 3.05) is 45.9 Å². The van der Waals surface area contributed by atoms with Crippen molar-refractivity contribution in [1.82, 2.24) is 20.1 Å². The smallest absolute Gasteiger partial charge is 0.255 e. The Morgan fingerprint density at radius 3 is 2.56 bits per heavy atom. The van der Waals surface area contributed by atoms with E-state index in [4.69, 9.17) is 4.74 Å². The number of aliphatic hydroxyl groups is 1. The largest absolute Gasteiger partial charge is 0.388 e. The molecule has 32 heavy (non-hydrogen) atoms. The van der Waals surface area contributed by atoms with Crippen LogP contribution in [-0.2, 0) is 15.1 Å². The number of aliphatic hydroxyl groups excluding tert-OH is 1. The van der Waals surface area contributed by atoms with Crippen molar-refractivity contribution >= 4 is 11.8 Å². The fourth-order valence-electron chi connectivity index (χ4n) is 4.44. The zero-order valence-corrected chi connectivity index (χ0v) is 18.4. The van der Waals surface area contributed by atoms with Crippen LogP contribution in [0.5, 0.6) is 0 Å². The molecular formula is C24H30N4O4. The van der Waals surface area contributed by atoms with E-state index in [-0.39, 0.29) is 24.9 Å². The van der Waals surface area contributed by atoms with E-state index in [2.05, 4.69) is 10.3 Å². The molecule has 8 heteroatoms. The van der Waals surface area contributed by atoms with Crippen molar-refractivity contribution < 1.29 is 19.4 Å². The lowest BCUT2D eigenvalue weighted by Crippen LogP contribution is -2.63. The van der Waals surface area contributed by atoms with Crippen molar-refractivity contribution in [2.45, 2.75) is 25.0 Å². The highest BCUT2D eigenvalue weighted by molar-refractivity contribution is 5.94. The van der Waals surface area contributed by atoms with Crippen LogP contribution < -0.4 is 5.32 Å². The average Bonchev–Trinajstić information content (AvgIpc) is 2.81. The molecule has 0 unspecified atom stereocenters. The molecule has 2 fully saturated rings. The first-order chi connectivity index (χ1) is 15.5. The highest BCUT2D eigenvalue weighted by atomic mass is 16.5. The van der Waals surface area contributed by atoms with Crippen LogP contribution in [0.2, 0.25) is 0 Å². The Morgan fingerprint density at radius 2 is 1.91 bits per heavy atom. The van der Waals surface area contributed by atoms with Gasteiger partial charge in [-0.05, 0) is 31.0 Å². The molecule has 1 aromatic carbocycles. The lowest BCUT2D eigenvalue weighted by molar-refractivity contribution is -0.128. The molecule has 0 spiro atoms. The number of benzene rings is 1. The Balaban J connectivity index is 1.51. The van der Waals surface area contributed by atoms with Gasteiger partial charge in [0.15, 0.2) is 0 Å². The van der Waals surface area contributed by atoms with Crippen LogP contribution in [-0.4, -0.2) is 83.7 Å². The molecule has 3 heterocycles. The van der Waals surface area contributed by atoms with Gasteiger partial charge in [-0.2, -0.15) is 0 Å². The summed E-state index contributed by atoms with van der Waals surface area (Å²) in [6.45, 7) is 5.31. The van der Waals surface area contributed by atoms with E-state index in [0.29, 0.717) is 44.8 Å². The van der Waals surface area contributed by atoms with Gasteiger partial charge in [0.25, 0.3) is 5.91 Å². The summed E-state index contributed by atoms with van der Waals surface area (Å²) in [5.41, 5.74) is 1.22. The molecule has 1 aromatic heterocycles. The van der Waals surface area contributed by atoms with Gasteiger partial charge < -0.3 is 20.1 Å². The van der Waals surface area contributed by atoms with Crippen molar-refractivity contribution in [2.24, 2.45) is 0 Å². The number of hydrogen-bond acceptors (Lipinski definition) is 6. The number of morpholine rings is 1. The van der Waals surface area contributed by atoms with Gasteiger partial charge >= 0.3 is 0 Å². The highest BCUT2D eigenvalue weighted by Crippen LogP contribution is 2.34. The zero-order valence-electron chi connectivity index (χ0n) is 18.4. The summed E-state index contributed by atoms with van der Waals surface area (Å²) in [6, 6.07) is 13.1. The Bertz CT molecular complexity index is 931. The molecular weight excluding hydrogens is 408 g/mol. The standard InChI is InChI=1S/C24H30N4O4/c1-18-7-8-19(15-25-18)23(31)28-10-9-24(21(29)16-28,20-5-3-2-4-6-20)26-22(30)17-27-11-13-32-14-12-27/h2-8,15,21,29H,9-14,16-17H2,1H3,(H,26,30)/t21-,24-/m1/s1. The third kappa shape index (κ3) is 4.82. The van der Waals surface area contributed by atoms with E-state index in [1.807, 2.05) is 42.2 Å². The summed E-state index contributed by atoms with van der Waals surface area (Å²) in [7, 11) is 0. The minimum Gasteiger partial charge on any atom is -0.388 e. The van der Waals surface area contributed by atoms with Crippen molar-refractivity contribution in [3.63, 3.8) is 0 Å². The zero-order chi connectivity index (χ0) is 22.6. The summed E-state index contributed by atoms with van der Waals surface area (Å²) in [6.07, 6.45) is 1.03. The normalized spacial score (nSPS) is 24.2. The molecule has 2 saturated heterocycles. The molecule has 0 saturated carbocycles. The Labute approximate surface area is 188 Å². The number of likely N-dealkylation sites (tertiary alicyclic amines) is 1. The molecule has 2 aliphatic rings. The third-order valence-corrected chi connectivity index (χ3v) is 6.31. The number of ether oxygens (including phenoxy) is 1. The number of carbonyl (C=O) groups is 2. The van der Waals surface area contributed by atoms with E-state index in [1.54, 1.807) is 23.2 Å². The molecule has 2 N–H and O–H groups in total. The number of aromatic nitrogens is 1. The van der Waals surface area contributed by atoms with Crippen LogP contribution in [0, 0.1) is 6.92 Å². The van der Waals surface area contributed by atoms with Crippen LogP contribution in [0.25, 0.3) is 0 Å². The van der Waals surface area contributed by atoms with Gasteiger partial charge in [0.05, 0.1) is 37.0 Å². The van der Waals surface area contributed by atoms with Crippen LogP contribution in [0.3, 0.4) is 0 Å². The molecule has 170 valence electrons. The monoisotopic (exact) mass is 438 g/mol. The van der Waals surface area contributed by atoms with E-state index in [9.17, 15) is 14.7 Å². The number of β-amino-alcohol motifs (C(OH)–C–C–N with tert-alkyl or cyclic N) is 1. The first-order valence-corrected chi connectivity index (χ1v) is 11.0. The van der Waals surface area contributed by atoms with Gasteiger partial charge in [-0.15, -0.1) is 0 Å². The fourth-order valence-corrected chi connectivity index (χ4v) is 4.44. The summed E-state index contributed by atoms with van der Waals surface area (Å²) in [5.74, 6) is -0.310. The Hall–Kier alpha value is -2.81. The Morgan fingerprint density at radius 1 is 1.16 bits per heavy atom. The fraction of sp³-hybridized carbons (Fsp3) is 0.458. The topological polar surface area (TPSA) is 95.0 Å². The number of aryl methyl sites for hydroxylation is 1. The van der Waals surface area contributed by atoms with E-state index in [0.717, 1.165) is 11.3 Å². The van der Waals surface area contributed by atoms with Gasteiger partial charge in [-0.3, -0.25) is 19.5 Å². The summed E-state index contributed by atoms with van der Waals surface area (Å²) in [4.78, 5) is 33.8. The SMILES string of the molecule is Cc1ccc(C(=O)N2CC[C@@](NC(=O)CN3CCOCC3)(c3ccccc3)[C@H](O)C2)cn1. The molecule has 2 aliphatic heterocycles. The van der Waals surface area contributed by atoms with Crippen molar-refractivity contribution in [1.29, 1.82) is 0 Å². The van der Waals surface area contributed by atoms with Gasteiger partial charge in [-0.25, -0.2) is 0 Å². The maximum absolute atomic E-state index is 13.0. The number of nitrogens with zero attached hydrogens (tertiary/aromatic N) is 3. The first-order valence-electron chi connectivity index (χ1n) is 11.0. The predicted molar refractivity (Wildman–Crippen MR) is 119 cm³/mol. The second-order valence-electron chi connectivity index (χ2n) is 8.48. The van der Waals surface area contributed by atoms with E-state index in [1.165, 1.54) is 0 Å². The van der Waals surface area contributed by atoms with Crippen LogP contribution in [0.4, 0.5) is 0 Å². The quantitative estimate of drug-likeness (QED) is 0.722. The van der Waals surface area contributed by atoms with Gasteiger partial charge in [0, 0.05) is 38.1 Å². The summed E-state index contributed by atoms with van der Waals surface area (Å²) >= 11 is 0. The third-order valence-electron chi connectivity index (χ3n) is 6.31. The number of nitrogens with one attached hydrogen (secondary N) is 1. The van der Waals surface area contributed by atoms with E-state index >= 15 is 0 Å². The molecule has 4 rings (SSSR count). The Kier molecular flexibility index (Phi) is 6.83. The maximum atomic E-state index is 13.0. The second kappa shape index (κ2) is 9.77. The van der Waals surface area contributed by atoms with Crippen LogP contribution >= 0.6 is 0 Å². The second-order valence-corrected chi connectivity index (χ2v) is 8.48. The number of piperidine rings is 1. The van der Waals surface area contributed by atoms with Crippen molar-refractivity contribution in [3.8, 4) is 0 Å². The maximum Gasteiger partial charge on any atom is 0.255 e. The van der Waals surface area contributed by atoms with Gasteiger partial charge in [0.2, 0.25) is 5.91 Å². The predicted octanol–water partition coefficient (Wildman–Crippen LogP) is 0.941. The lowest BCUT2D eigenvalue weighted by atomic mass is 9.78. The molecule has 0 aliphatic carbocycles. The lowest BCUT2D eigenvalue weighted by Gasteiger charge is -2.46. The van der Waals surface area contributed by atoms with Crippen molar-refractivity contribution in [3.05, 3.63) is 65.5 Å². The molecule has 2 aromatic rings. The average molecular weight is 439 g/mol. The number of carbonyl (C=O) groups excluding carboxylic acids is 2. The van der Waals surface area contributed by atoms with Gasteiger partial charge in [-0.1, -0.05) is 30.3 Å². The minimum absolute atomic E-state index is 0.124.